The molecule has 22 N–H and O–H groups in total. The summed E-state index contributed by atoms with van der Waals surface area (Å²) < 4.78 is 11.0. The van der Waals surface area contributed by atoms with Crippen molar-refractivity contribution >= 4 is 88.6 Å². The van der Waals surface area contributed by atoms with E-state index in [0.717, 1.165) is 6.92 Å². The number of carboxylic acids is 1. The number of aliphatic carboxylic acids is 1. The minimum atomic E-state index is -4.01. The lowest BCUT2D eigenvalue weighted by atomic mass is 9.65. The summed E-state index contributed by atoms with van der Waals surface area (Å²) in [4.78, 5) is 211. The molecule has 0 saturated carbocycles. The Morgan fingerprint density at radius 2 is 1.14 bits per heavy atom. The number of nitrogens with one attached hydrogen (secondary N) is 6. The molecule has 0 bridgehead atoms. The average molecular weight is 1530 g/mol. The van der Waals surface area contributed by atoms with Gasteiger partial charge in [0.15, 0.2) is 17.1 Å². The highest BCUT2D eigenvalue weighted by Crippen LogP contribution is 2.42. The normalized spacial score (nSPS) is 15.8. The van der Waals surface area contributed by atoms with Crippen molar-refractivity contribution in [1.82, 2.24) is 41.7 Å². The number of Topliss-reactive ketones (excluding diaryl/α,β-unsaturated/α-hetero) is 2. The van der Waals surface area contributed by atoms with Crippen molar-refractivity contribution in [3.05, 3.63) is 102 Å². The number of alkyl carbamates (subject to hydrolysis) is 2. The van der Waals surface area contributed by atoms with Crippen molar-refractivity contribution in [3.63, 3.8) is 0 Å². The van der Waals surface area contributed by atoms with Crippen molar-refractivity contribution in [2.45, 2.75) is 220 Å². The number of carbonyl (C=O) groups excluding carboxylic acids is 13. The number of primary amides is 1. The number of amides is 11. The molecule has 0 saturated heterocycles. The molecule has 0 fully saturated rings. The zero-order valence-corrected chi connectivity index (χ0v) is 64.4. The molecular formula is C75H114N14O20. The van der Waals surface area contributed by atoms with Crippen molar-refractivity contribution in [2.75, 3.05) is 25.4 Å². The van der Waals surface area contributed by atoms with Gasteiger partial charge in [0.2, 0.25) is 41.4 Å². The lowest BCUT2D eigenvalue weighted by Crippen LogP contribution is -2.80. The molecule has 34 nitrogen and oxygen atoms in total. The Kier molecular flexibility index (Phi) is 36.7. The van der Waals surface area contributed by atoms with Crippen LogP contribution in [0.2, 0.25) is 0 Å². The van der Waals surface area contributed by atoms with Crippen LogP contribution >= 0.6 is 0 Å². The maximum atomic E-state index is 18.2. The Labute approximate surface area is 635 Å². The van der Waals surface area contributed by atoms with Gasteiger partial charge >= 0.3 is 18.2 Å². The Morgan fingerprint density at radius 3 is 1.62 bits per heavy atom. The number of carboxylic acid groups (broad SMARTS) is 1. The number of anilines is 1. The minimum absolute atomic E-state index is 0.0360. The first-order valence-corrected chi connectivity index (χ1v) is 36.0. The third-order valence-corrected chi connectivity index (χ3v) is 17.8. The molecule has 14 atom stereocenters. The molecule has 0 aliphatic carbocycles. The highest BCUT2D eigenvalue weighted by Gasteiger charge is 2.68. The number of nitrogens with two attached hydrogens (primary N) is 6. The van der Waals surface area contributed by atoms with Crippen LogP contribution in [0, 0.1) is 34.5 Å². The topological polar surface area (TPSA) is 573 Å². The summed E-state index contributed by atoms with van der Waals surface area (Å²) in [7, 11) is 0. The van der Waals surface area contributed by atoms with Crippen LogP contribution < -0.4 is 66.3 Å². The zero-order chi connectivity index (χ0) is 82.7. The number of benzene rings is 3. The lowest BCUT2D eigenvalue weighted by Gasteiger charge is -2.51. The van der Waals surface area contributed by atoms with Crippen LogP contribution in [0.4, 0.5) is 15.3 Å². The third-order valence-electron chi connectivity index (χ3n) is 17.8. The molecule has 11 amide bonds. The molecule has 3 aromatic carbocycles. The molecular weight excluding hydrogens is 1420 g/mol. The predicted molar refractivity (Wildman–Crippen MR) is 400 cm³/mol. The van der Waals surface area contributed by atoms with Crippen molar-refractivity contribution in [1.29, 1.82) is 0 Å². The number of rotatable bonds is 42. The standard InChI is InChI=1S/C75H114N14O20/c1-14-42(6)59(65(99)87-58(43(7)91)64(98)83-36-55(93)84-51(33-54(80)92)63(97)85-53(37-90)69(103)104)88(66(100)48(77)29-22-30-82-71(106)108-38-44-23-17-15-18-24-44)70(105)75(62(96)50(79)34-73(8,9)10,56(40(2)3)61(95)49(78)32-46-27-21-28-47(76)31-46)89(68(102)57(81)60(94)41(4)5)67(101)52(35-74(11,12)13)86-72(107)109-39-45-25-19-16-20-26-45/h15-21,23-28,31,40-43,48-53,56-60,90-91,94H,14,22,29-30,32-39,76-79,81H2,1-13H3,(H2,80,92)(H,82,106)(H,83,98)(H,84,93)(H,85,97)(H,86,107)(H,87,99)(H,103,104)/t42?,43-,48+,49-,50-,51-,52+,53-,56?,57-,58-,59-,60+,75+/m0/s1. The summed E-state index contributed by atoms with van der Waals surface area (Å²) >= 11 is 0. The maximum absolute atomic E-state index is 18.2. The van der Waals surface area contributed by atoms with E-state index in [0.29, 0.717) is 16.7 Å². The lowest BCUT2D eigenvalue weighted by molar-refractivity contribution is -0.182. The van der Waals surface area contributed by atoms with Crippen molar-refractivity contribution in [2.24, 2.45) is 63.2 Å². The predicted octanol–water partition coefficient (Wildman–Crippen LogP) is 0.189. The number of nitrogens with zero attached hydrogens (tertiary/aromatic N) is 2. The Hall–Kier alpha value is -9.84. The number of aliphatic hydroxyl groups excluding tert-OH is 3. The van der Waals surface area contributed by atoms with E-state index in [2.05, 4.69) is 26.6 Å². The molecule has 0 aliphatic rings. The van der Waals surface area contributed by atoms with E-state index in [1.54, 1.807) is 108 Å². The molecule has 109 heavy (non-hydrogen) atoms. The number of hydrogen-bond acceptors (Lipinski definition) is 24. The number of ketones is 2. The SMILES string of the molecule is CCC(C)[C@@H](C(=O)N[C@H](C(=O)NCC(=O)N[C@@H](CC(N)=O)C(=O)N[C@@H](CO)C(=O)O)[C@H](C)O)N(C(=O)[C@H](N)CCCNC(=O)OCc1ccccc1)C(=O)[C@](C(=O)[C@@H](N)CC(C)(C)C)(C(C(=O)[C@@H](N)Cc1cccc(N)c1)C(C)C)N(C(=O)[C@@H](N)[C@H](O)C(C)C)C(=O)[C@@H](CC(C)(C)C)NC(=O)OCc1ccccc1. The van der Waals surface area contributed by atoms with Crippen LogP contribution in [0.25, 0.3) is 0 Å². The van der Waals surface area contributed by atoms with E-state index >= 15 is 33.6 Å². The van der Waals surface area contributed by atoms with Gasteiger partial charge in [0.05, 0.1) is 55.8 Å². The van der Waals surface area contributed by atoms with E-state index in [1.165, 1.54) is 59.7 Å². The second-order valence-electron chi connectivity index (χ2n) is 30.4. The number of aliphatic hydroxyl groups is 3. The molecule has 0 aliphatic heterocycles. The van der Waals surface area contributed by atoms with Crippen molar-refractivity contribution < 1.29 is 97.0 Å². The van der Waals surface area contributed by atoms with E-state index < -0.39 is 241 Å². The molecule has 3 rings (SSSR count). The van der Waals surface area contributed by atoms with Gasteiger partial charge < -0.3 is 96.2 Å². The molecule has 3 aromatic rings. The molecule has 2 unspecified atom stereocenters. The maximum Gasteiger partial charge on any atom is 0.408 e. The van der Waals surface area contributed by atoms with Gasteiger partial charge in [-0.05, 0) is 96.4 Å². The Morgan fingerprint density at radius 1 is 0.587 bits per heavy atom. The van der Waals surface area contributed by atoms with E-state index in [9.17, 15) is 54.0 Å². The monoisotopic (exact) mass is 1530 g/mol. The Balaban J connectivity index is 2.74. The third kappa shape index (κ3) is 28.0. The van der Waals surface area contributed by atoms with E-state index in [1.807, 2.05) is 5.32 Å². The van der Waals surface area contributed by atoms with Crippen LogP contribution in [0.15, 0.2) is 84.9 Å². The summed E-state index contributed by atoms with van der Waals surface area (Å²) in [6.07, 6.45) is -9.61. The summed E-state index contributed by atoms with van der Waals surface area (Å²) in [5, 5.41) is 56.0. The minimum Gasteiger partial charge on any atom is -0.480 e. The number of imide groups is 2. The van der Waals surface area contributed by atoms with Gasteiger partial charge in [0, 0.05) is 12.2 Å². The second kappa shape index (κ2) is 42.8. The fourth-order valence-electron chi connectivity index (χ4n) is 12.2. The van der Waals surface area contributed by atoms with Crippen LogP contribution in [0.1, 0.15) is 145 Å². The average Bonchev–Trinajstić information content (AvgIpc) is 0.709. The molecule has 0 heterocycles. The molecule has 0 radical (unpaired) electrons. The quantitative estimate of drug-likeness (QED) is 0.0204. The highest BCUT2D eigenvalue weighted by atomic mass is 16.6. The highest BCUT2D eigenvalue weighted by molar-refractivity contribution is 6.25. The van der Waals surface area contributed by atoms with Crippen LogP contribution in [0.5, 0.6) is 0 Å². The summed E-state index contributed by atoms with van der Waals surface area (Å²) in [6, 6.07) is 3.85. The smallest absolute Gasteiger partial charge is 0.408 e. The van der Waals surface area contributed by atoms with Gasteiger partial charge in [-0.3, -0.25) is 62.5 Å². The summed E-state index contributed by atoms with van der Waals surface area (Å²) in [6.45, 7) is 15.8. The van der Waals surface area contributed by atoms with Crippen LogP contribution in [0.3, 0.4) is 0 Å². The molecule has 604 valence electrons. The fourth-order valence-corrected chi connectivity index (χ4v) is 12.2. The molecule has 0 spiro atoms. The van der Waals surface area contributed by atoms with Gasteiger partial charge in [-0.25, -0.2) is 14.4 Å². The first kappa shape index (κ1) is 93.4. The zero-order valence-electron chi connectivity index (χ0n) is 64.4. The van der Waals surface area contributed by atoms with Gasteiger partial charge in [-0.15, -0.1) is 0 Å². The summed E-state index contributed by atoms with van der Waals surface area (Å²) in [5.74, 6) is -25.0. The van der Waals surface area contributed by atoms with Gasteiger partial charge in [-0.1, -0.05) is 162 Å². The summed E-state index contributed by atoms with van der Waals surface area (Å²) in [5.41, 5.74) is 34.9. The number of hydrogen-bond donors (Lipinski definition) is 16. The number of carbonyl (C=O) groups is 14. The molecule has 0 aromatic heterocycles. The first-order valence-electron chi connectivity index (χ1n) is 36.0. The van der Waals surface area contributed by atoms with Gasteiger partial charge in [-0.2, -0.15) is 0 Å². The first-order chi connectivity index (χ1) is 50.7. The largest absolute Gasteiger partial charge is 0.480 e. The fraction of sp³-hybridized carbons (Fsp3) is 0.573. The number of nitrogen functional groups attached to an aromatic ring is 1. The van der Waals surface area contributed by atoms with E-state index in [-0.39, 0.29) is 41.5 Å². The Bertz CT molecular complexity index is 3630. The van der Waals surface area contributed by atoms with Crippen LogP contribution in [-0.2, 0) is 86.6 Å². The number of ether oxygens (including phenoxy) is 2. The van der Waals surface area contributed by atoms with Gasteiger partial charge in [0.25, 0.3) is 11.8 Å². The van der Waals surface area contributed by atoms with Crippen LogP contribution in [-0.4, -0.2) is 205 Å². The van der Waals surface area contributed by atoms with Gasteiger partial charge in [0.1, 0.15) is 49.5 Å². The second-order valence-corrected chi connectivity index (χ2v) is 30.4. The van der Waals surface area contributed by atoms with E-state index in [4.69, 9.17) is 43.9 Å². The molecule has 34 heteroatoms. The van der Waals surface area contributed by atoms with Crippen molar-refractivity contribution in [3.8, 4) is 0 Å².